The van der Waals surface area contributed by atoms with Gasteiger partial charge in [0.05, 0.1) is 0 Å². The van der Waals surface area contributed by atoms with Crippen molar-refractivity contribution in [1.82, 2.24) is 0 Å². The molecule has 0 bridgehead atoms. The first-order chi connectivity index (χ1) is 19.7. The van der Waals surface area contributed by atoms with Gasteiger partial charge >= 0.3 is 263 Å². The van der Waals surface area contributed by atoms with Crippen LogP contribution < -0.4 is 19.2 Å². The van der Waals surface area contributed by atoms with Crippen LogP contribution in [-0.2, 0) is 0 Å². The molecule has 1 nitrogen and oxygen atoms in total. The molecule has 0 aliphatic carbocycles. The van der Waals surface area contributed by atoms with Gasteiger partial charge in [0.15, 0.2) is 0 Å². The first-order valence-corrected chi connectivity index (χ1v) is 20.2. The third-order valence-electron chi connectivity index (χ3n) is 8.76. The first kappa shape index (κ1) is 32.1. The Morgan fingerprint density at radius 2 is 0.762 bits per heavy atom. The zero-order chi connectivity index (χ0) is 31.0. The molecule has 1 unspecified atom stereocenters. The van der Waals surface area contributed by atoms with Gasteiger partial charge in [-0.3, -0.25) is 0 Å². The molecule has 2 radical (unpaired) electrons. The van der Waals surface area contributed by atoms with Gasteiger partial charge in [0.1, 0.15) is 0 Å². The number of hydrogen-bond acceptors (Lipinski definition) is 1. The molecule has 0 saturated carbocycles. The molecule has 3 heteroatoms. The summed E-state index contributed by atoms with van der Waals surface area (Å²) in [4.78, 5) is 0. The van der Waals surface area contributed by atoms with Crippen LogP contribution in [0.15, 0.2) is 48.5 Å². The van der Waals surface area contributed by atoms with Crippen molar-refractivity contribution in [2.24, 2.45) is 0 Å². The van der Waals surface area contributed by atoms with Crippen LogP contribution in [0.4, 0.5) is 0 Å². The molecule has 0 aliphatic heterocycles. The van der Waals surface area contributed by atoms with Crippen molar-refractivity contribution in [2.45, 2.75) is 93.9 Å². The Balaban J connectivity index is 2.03. The third kappa shape index (κ3) is 6.38. The zero-order valence-corrected chi connectivity index (χ0v) is 30.9. The van der Waals surface area contributed by atoms with Crippen molar-refractivity contribution in [3.63, 3.8) is 0 Å². The predicted octanol–water partition coefficient (Wildman–Crippen LogP) is 7.20. The second kappa shape index (κ2) is 12.8. The topological polar surface area (TPSA) is 23.8 Å². The molecule has 0 spiro atoms. The van der Waals surface area contributed by atoms with E-state index in [0.717, 1.165) is 6.04 Å². The van der Waals surface area contributed by atoms with Gasteiger partial charge in [-0.15, -0.1) is 0 Å². The van der Waals surface area contributed by atoms with Crippen molar-refractivity contribution >= 4 is 42.3 Å². The fraction of sp³-hybridized carbons (Fsp3) is 0.359. The van der Waals surface area contributed by atoms with Crippen LogP contribution >= 0.6 is 0 Å². The molecule has 4 rings (SSSR count). The van der Waals surface area contributed by atoms with E-state index in [-0.39, 0.29) is 4.75 Å². The van der Waals surface area contributed by atoms with E-state index in [1.54, 1.807) is 0 Å². The second-order valence-electron chi connectivity index (χ2n) is 12.9. The molecule has 0 fully saturated rings. The normalized spacial score (nSPS) is 12.2. The zero-order valence-electron chi connectivity index (χ0n) is 27.9. The Morgan fingerprint density at radius 1 is 0.500 bits per heavy atom. The van der Waals surface area contributed by atoms with Crippen LogP contribution in [0.2, 0.25) is 10.8 Å². The Hall–Kier alpha value is -2.87. The fourth-order valence-electron chi connectivity index (χ4n) is 7.74. The van der Waals surface area contributed by atoms with Crippen molar-refractivity contribution in [2.75, 3.05) is 0 Å². The van der Waals surface area contributed by atoms with Crippen molar-refractivity contribution in [1.29, 1.82) is 5.26 Å². The van der Waals surface area contributed by atoms with E-state index in [4.69, 9.17) is 0 Å². The first-order valence-electron chi connectivity index (χ1n) is 15.2. The van der Waals surface area contributed by atoms with Crippen molar-refractivity contribution < 1.29 is 0 Å². The summed E-state index contributed by atoms with van der Waals surface area (Å²) in [5.41, 5.74) is 16.2. The Morgan fingerprint density at radius 3 is 1.02 bits per heavy atom. The number of nitriles is 1. The number of benzene rings is 4. The molecular formula is C39H47GeNSi. The minimum atomic E-state index is -2.38. The summed E-state index contributed by atoms with van der Waals surface area (Å²) >= 11 is -2.38. The number of rotatable bonds is 7. The van der Waals surface area contributed by atoms with E-state index in [2.05, 4.69) is 138 Å². The average Bonchev–Trinajstić information content (AvgIpc) is 2.83. The van der Waals surface area contributed by atoms with E-state index >= 15 is 0 Å². The van der Waals surface area contributed by atoms with E-state index < -0.39 is 23.1 Å². The van der Waals surface area contributed by atoms with Crippen molar-refractivity contribution in [3.8, 4) is 6.07 Å². The molecule has 4 aromatic carbocycles. The number of nitrogens with zero attached hydrogens (tertiary/aromatic N) is 1. The minimum absolute atomic E-state index is 0.000641. The van der Waals surface area contributed by atoms with Crippen LogP contribution in [-0.4, -0.2) is 23.1 Å². The Kier molecular flexibility index (Phi) is 9.75. The molecule has 0 aliphatic rings. The van der Waals surface area contributed by atoms with Gasteiger partial charge in [0.25, 0.3) is 0 Å². The van der Waals surface area contributed by atoms with Crippen LogP contribution in [0.5, 0.6) is 0 Å². The second-order valence-corrected chi connectivity index (χ2v) is 20.5. The summed E-state index contributed by atoms with van der Waals surface area (Å²) in [6.07, 6.45) is 0. The van der Waals surface area contributed by atoms with E-state index in [1.807, 2.05) is 0 Å². The van der Waals surface area contributed by atoms with Crippen LogP contribution in [0.1, 0.15) is 66.8 Å². The quantitative estimate of drug-likeness (QED) is 0.198. The van der Waals surface area contributed by atoms with Crippen LogP contribution in [0, 0.1) is 94.4 Å². The van der Waals surface area contributed by atoms with E-state index in [1.165, 1.54) is 85.9 Å². The SMILES string of the molecule is Cc1cc(C)c([Si](C[CH](C#N)[Ge]([c]2c(C)cc(C)cc2C)[c]2c(C)cc(C)cc2C)c2c(C)cc(C)cc2C)c(C)c1. The molecule has 42 heavy (non-hydrogen) atoms. The molecular weight excluding hydrogens is 583 g/mol. The third-order valence-corrected chi connectivity index (χ3v) is 21.0. The summed E-state index contributed by atoms with van der Waals surface area (Å²) in [5.74, 6) is 0. The number of aryl methyl sites for hydroxylation is 12. The summed E-state index contributed by atoms with van der Waals surface area (Å²) in [6.45, 7) is 27.1. The van der Waals surface area contributed by atoms with E-state index in [9.17, 15) is 5.26 Å². The van der Waals surface area contributed by atoms with Crippen LogP contribution in [0.3, 0.4) is 0 Å². The fourth-order valence-corrected chi connectivity index (χ4v) is 20.3. The van der Waals surface area contributed by atoms with E-state index in [0.29, 0.717) is 0 Å². The van der Waals surface area contributed by atoms with Gasteiger partial charge in [-0.1, -0.05) is 0 Å². The summed E-state index contributed by atoms with van der Waals surface area (Å²) in [5, 5.41) is 14.2. The van der Waals surface area contributed by atoms with Gasteiger partial charge in [-0.05, 0) is 0 Å². The Labute approximate surface area is 261 Å². The van der Waals surface area contributed by atoms with Crippen LogP contribution in [0.25, 0.3) is 0 Å². The summed E-state index contributed by atoms with van der Waals surface area (Å²) in [7, 11) is -1.27. The predicted molar refractivity (Wildman–Crippen MR) is 187 cm³/mol. The van der Waals surface area contributed by atoms with Gasteiger partial charge in [-0.2, -0.15) is 0 Å². The summed E-state index contributed by atoms with van der Waals surface area (Å²) in [6, 6.07) is 22.7. The summed E-state index contributed by atoms with van der Waals surface area (Å²) < 4.78 is 3.00. The molecule has 0 heterocycles. The molecule has 216 valence electrons. The van der Waals surface area contributed by atoms with Gasteiger partial charge in [0, 0.05) is 0 Å². The van der Waals surface area contributed by atoms with Gasteiger partial charge in [-0.25, -0.2) is 0 Å². The number of hydrogen-bond donors (Lipinski definition) is 0. The maximum absolute atomic E-state index is 11.2. The molecule has 0 aromatic heterocycles. The maximum atomic E-state index is 11.2. The molecule has 0 N–H and O–H groups in total. The Bertz CT molecular complexity index is 1500. The molecule has 1 atom stereocenters. The van der Waals surface area contributed by atoms with Gasteiger partial charge in [0.2, 0.25) is 0 Å². The molecule has 0 amide bonds. The monoisotopic (exact) mass is 631 g/mol. The molecule has 4 aromatic rings. The average molecular weight is 631 g/mol. The van der Waals surface area contributed by atoms with Crippen molar-refractivity contribution in [3.05, 3.63) is 115 Å². The van der Waals surface area contributed by atoms with Gasteiger partial charge < -0.3 is 0 Å². The standard InChI is InChI=1S/C39H47GeNSi/c1-23-13-27(5)36(28(6)14-23)40(37-29(7)15-24(2)16-30(37)8)35(21-41)22-42(38-31(9)17-25(3)18-32(38)10)39-33(11)19-26(4)20-34(39)12/h13-20,35H,22H2,1-12H3. The molecule has 0 saturated heterocycles.